The third kappa shape index (κ3) is 3.22. The van der Waals surface area contributed by atoms with E-state index in [1.165, 1.54) is 18.4 Å². The molecule has 2 aliphatic rings. The summed E-state index contributed by atoms with van der Waals surface area (Å²) in [5.41, 5.74) is 6.69. The second kappa shape index (κ2) is 7.21. The maximum atomic E-state index is 4.82. The van der Waals surface area contributed by atoms with Crippen LogP contribution in [0.1, 0.15) is 43.2 Å². The number of hydrogen-bond donors (Lipinski definition) is 2. The van der Waals surface area contributed by atoms with Crippen LogP contribution in [0.3, 0.4) is 0 Å². The van der Waals surface area contributed by atoms with E-state index in [0.717, 1.165) is 65.1 Å². The number of piperidine rings is 1. The first-order valence-corrected chi connectivity index (χ1v) is 11.6. The van der Waals surface area contributed by atoms with Gasteiger partial charge in [-0.05, 0) is 69.4 Å². The Hall–Kier alpha value is -3.59. The van der Waals surface area contributed by atoms with E-state index in [9.17, 15) is 0 Å². The number of imidazole rings is 1. The zero-order valence-electron chi connectivity index (χ0n) is 18.5. The Morgan fingerprint density at radius 2 is 1.88 bits per heavy atom. The van der Waals surface area contributed by atoms with Gasteiger partial charge in [0.1, 0.15) is 5.69 Å². The molecule has 1 aliphatic carbocycles. The number of nitrogens with zero attached hydrogens (tertiary/aromatic N) is 7. The lowest BCUT2D eigenvalue weighted by Gasteiger charge is -2.29. The van der Waals surface area contributed by atoms with Crippen molar-refractivity contribution in [3.8, 4) is 22.6 Å². The van der Waals surface area contributed by atoms with E-state index < -0.39 is 0 Å². The molecular weight excluding hydrogens is 414 g/mol. The highest BCUT2D eigenvalue weighted by Crippen LogP contribution is 2.36. The van der Waals surface area contributed by atoms with Crippen molar-refractivity contribution in [2.45, 2.75) is 37.6 Å². The highest BCUT2D eigenvalue weighted by atomic mass is 15.3. The normalized spacial score (nSPS) is 18.0. The number of H-pyrrole nitrogens is 2. The van der Waals surface area contributed by atoms with Crippen molar-refractivity contribution in [2.24, 2.45) is 0 Å². The van der Waals surface area contributed by atoms with E-state index in [1.807, 2.05) is 18.6 Å². The van der Waals surface area contributed by atoms with Crippen LogP contribution < -0.4 is 0 Å². The van der Waals surface area contributed by atoms with Crippen molar-refractivity contribution >= 4 is 22.2 Å². The molecule has 5 aromatic rings. The average Bonchev–Trinajstić information content (AvgIpc) is 3.23. The largest absolute Gasteiger partial charge is 0.335 e. The van der Waals surface area contributed by atoms with Gasteiger partial charge in [-0.15, -0.1) is 0 Å². The number of rotatable bonds is 4. The molecule has 0 spiro atoms. The lowest BCUT2D eigenvalue weighted by atomic mass is 9.89. The second-order valence-electron chi connectivity index (χ2n) is 9.40. The molecule has 9 nitrogen and oxygen atoms in total. The molecule has 0 amide bonds. The van der Waals surface area contributed by atoms with Gasteiger partial charge in [-0.2, -0.15) is 10.2 Å². The lowest BCUT2D eigenvalue weighted by molar-refractivity contribution is 0.256. The molecular formula is C24H25N9. The average molecular weight is 440 g/mol. The predicted octanol–water partition coefficient (Wildman–Crippen LogP) is 3.90. The van der Waals surface area contributed by atoms with Crippen molar-refractivity contribution in [3.05, 3.63) is 42.5 Å². The Bertz CT molecular complexity index is 1460. The molecule has 1 saturated heterocycles. The molecule has 166 valence electrons. The molecule has 1 aliphatic heterocycles. The van der Waals surface area contributed by atoms with Gasteiger partial charge >= 0.3 is 0 Å². The zero-order valence-corrected chi connectivity index (χ0v) is 18.5. The predicted molar refractivity (Wildman–Crippen MR) is 126 cm³/mol. The minimum absolute atomic E-state index is 0.523. The van der Waals surface area contributed by atoms with E-state index in [0.29, 0.717) is 17.6 Å². The molecule has 7 rings (SSSR count). The van der Waals surface area contributed by atoms with Crippen LogP contribution in [0.15, 0.2) is 36.9 Å². The number of likely N-dealkylation sites (tertiary alicyclic amines) is 1. The number of aromatic amines is 2. The molecule has 1 saturated carbocycles. The first-order valence-electron chi connectivity index (χ1n) is 11.6. The van der Waals surface area contributed by atoms with Gasteiger partial charge in [0.05, 0.1) is 23.1 Å². The fourth-order valence-electron chi connectivity index (χ4n) is 4.97. The molecule has 5 aromatic heterocycles. The van der Waals surface area contributed by atoms with Gasteiger partial charge in [0.25, 0.3) is 0 Å². The monoisotopic (exact) mass is 439 g/mol. The van der Waals surface area contributed by atoms with E-state index in [4.69, 9.17) is 4.98 Å². The quantitative estimate of drug-likeness (QED) is 0.440. The fourth-order valence-corrected chi connectivity index (χ4v) is 4.97. The Kier molecular flexibility index (Phi) is 4.14. The van der Waals surface area contributed by atoms with E-state index >= 15 is 0 Å². The summed E-state index contributed by atoms with van der Waals surface area (Å²) in [4.78, 5) is 19.9. The number of hydrogen-bond acceptors (Lipinski definition) is 6. The number of pyridine rings is 2. The fraction of sp³-hybridized carbons (Fsp3) is 0.375. The van der Waals surface area contributed by atoms with Gasteiger partial charge in [0, 0.05) is 29.7 Å². The first kappa shape index (κ1) is 18.9. The molecule has 9 heteroatoms. The third-order valence-electron chi connectivity index (χ3n) is 7.08. The summed E-state index contributed by atoms with van der Waals surface area (Å²) in [5, 5.41) is 13.0. The van der Waals surface area contributed by atoms with Gasteiger partial charge in [-0.25, -0.2) is 15.0 Å². The SMILES string of the molecule is CN1CCC(c2ccnc3nc(-c4[nH]nc5ncc(-c6cnn(C7CC7)c6)cc45)[nH]c23)CC1. The molecule has 0 radical (unpaired) electrons. The summed E-state index contributed by atoms with van der Waals surface area (Å²) in [7, 11) is 2.19. The molecule has 33 heavy (non-hydrogen) atoms. The highest BCUT2D eigenvalue weighted by Gasteiger charge is 2.25. The van der Waals surface area contributed by atoms with Crippen molar-refractivity contribution in [2.75, 3.05) is 20.1 Å². The van der Waals surface area contributed by atoms with Crippen LogP contribution in [0.5, 0.6) is 0 Å². The molecule has 0 atom stereocenters. The summed E-state index contributed by atoms with van der Waals surface area (Å²) in [6, 6.07) is 4.82. The van der Waals surface area contributed by atoms with E-state index in [2.05, 4.69) is 65.2 Å². The van der Waals surface area contributed by atoms with Gasteiger partial charge in [0.15, 0.2) is 17.1 Å². The lowest BCUT2D eigenvalue weighted by Crippen LogP contribution is -2.29. The van der Waals surface area contributed by atoms with E-state index in [1.54, 1.807) is 0 Å². The number of fused-ring (bicyclic) bond motifs is 2. The van der Waals surface area contributed by atoms with Gasteiger partial charge in [-0.1, -0.05) is 0 Å². The minimum atomic E-state index is 0.523. The highest BCUT2D eigenvalue weighted by molar-refractivity contribution is 5.93. The summed E-state index contributed by atoms with van der Waals surface area (Å²) in [5.74, 6) is 1.27. The standard InChI is InChI=1S/C24H25N9/c1-32-8-5-14(6-9-32)18-4-7-25-23-20(18)28-24(29-23)21-19-10-15(11-26-22(19)31-30-21)16-12-27-33(13-16)17-2-3-17/h4,7,10-14,17H,2-3,5-6,8-9H2,1H3,(H,25,28,29)(H,26,30,31). The number of aromatic nitrogens is 8. The number of nitrogens with one attached hydrogen (secondary N) is 2. The maximum Gasteiger partial charge on any atom is 0.181 e. The molecule has 6 heterocycles. The van der Waals surface area contributed by atoms with Crippen LogP contribution in [0.4, 0.5) is 0 Å². The van der Waals surface area contributed by atoms with Crippen LogP contribution in [0, 0.1) is 0 Å². The van der Waals surface area contributed by atoms with Crippen LogP contribution in [-0.2, 0) is 0 Å². The zero-order chi connectivity index (χ0) is 21.9. The van der Waals surface area contributed by atoms with Crippen molar-refractivity contribution in [1.82, 2.24) is 44.8 Å². The second-order valence-corrected chi connectivity index (χ2v) is 9.40. The van der Waals surface area contributed by atoms with Crippen LogP contribution in [0.25, 0.3) is 44.8 Å². The van der Waals surface area contributed by atoms with Crippen molar-refractivity contribution < 1.29 is 0 Å². The van der Waals surface area contributed by atoms with E-state index in [-0.39, 0.29) is 0 Å². The van der Waals surface area contributed by atoms with Crippen molar-refractivity contribution in [3.63, 3.8) is 0 Å². The summed E-state index contributed by atoms with van der Waals surface area (Å²) in [6.07, 6.45) is 12.5. The maximum absolute atomic E-state index is 4.82. The summed E-state index contributed by atoms with van der Waals surface area (Å²) >= 11 is 0. The molecule has 0 unspecified atom stereocenters. The molecule has 2 N–H and O–H groups in total. The van der Waals surface area contributed by atoms with Crippen molar-refractivity contribution in [1.29, 1.82) is 0 Å². The molecule has 2 fully saturated rings. The topological polar surface area (TPSA) is 104 Å². The Balaban J connectivity index is 1.29. The summed E-state index contributed by atoms with van der Waals surface area (Å²) in [6.45, 7) is 2.23. The van der Waals surface area contributed by atoms with Crippen LogP contribution in [0.2, 0.25) is 0 Å². The minimum Gasteiger partial charge on any atom is -0.335 e. The molecule has 0 aromatic carbocycles. The molecule has 0 bridgehead atoms. The third-order valence-corrected chi connectivity index (χ3v) is 7.08. The van der Waals surface area contributed by atoms with Crippen LogP contribution >= 0.6 is 0 Å². The Morgan fingerprint density at radius 3 is 2.73 bits per heavy atom. The van der Waals surface area contributed by atoms with Gasteiger partial charge in [-0.3, -0.25) is 9.78 Å². The summed E-state index contributed by atoms with van der Waals surface area (Å²) < 4.78 is 2.06. The van der Waals surface area contributed by atoms with Gasteiger partial charge < -0.3 is 9.88 Å². The Labute approximate surface area is 190 Å². The first-order chi connectivity index (χ1) is 16.2. The van der Waals surface area contributed by atoms with Gasteiger partial charge in [0.2, 0.25) is 0 Å². The smallest absolute Gasteiger partial charge is 0.181 e. The van der Waals surface area contributed by atoms with Crippen LogP contribution in [-0.4, -0.2) is 65.0 Å². The Morgan fingerprint density at radius 1 is 1.00 bits per heavy atom.